The fourth-order valence-corrected chi connectivity index (χ4v) is 7.24. The van der Waals surface area contributed by atoms with Crippen molar-refractivity contribution in [2.45, 2.75) is 135 Å². The maximum Gasteiger partial charge on any atom is 0.408 e. The van der Waals surface area contributed by atoms with Gasteiger partial charge in [0.05, 0.1) is 24.2 Å². The number of hydrogen-bond acceptors (Lipinski definition) is 7. The fraction of sp³-hybridized carbons (Fsp3) is 0.558. The van der Waals surface area contributed by atoms with E-state index in [0.29, 0.717) is 31.0 Å². The third kappa shape index (κ3) is 15.5. The molecular weight excluding hydrogens is 697 g/mol. The maximum absolute atomic E-state index is 14.3. The number of benzene rings is 2. The van der Waals surface area contributed by atoms with Crippen molar-refractivity contribution in [3.8, 4) is 0 Å². The quantitative estimate of drug-likeness (QED) is 0.0902. The Hall–Kier alpha value is -4.71. The van der Waals surface area contributed by atoms with Crippen LogP contribution >= 0.6 is 0 Å². The van der Waals surface area contributed by atoms with Crippen LogP contribution in [0.3, 0.4) is 0 Å². The zero-order valence-corrected chi connectivity index (χ0v) is 33.2. The molecule has 1 fully saturated rings. The number of H-pyrrole nitrogens is 1. The summed E-state index contributed by atoms with van der Waals surface area (Å²) >= 11 is 0. The maximum atomic E-state index is 14.3. The van der Waals surface area contributed by atoms with Crippen LogP contribution < -0.4 is 21.3 Å². The molecule has 55 heavy (non-hydrogen) atoms. The molecule has 0 radical (unpaired) electrons. The van der Waals surface area contributed by atoms with Gasteiger partial charge in [-0.05, 0) is 63.0 Å². The molecule has 2 unspecified atom stereocenters. The van der Waals surface area contributed by atoms with Crippen molar-refractivity contribution in [3.05, 3.63) is 90.0 Å². The van der Waals surface area contributed by atoms with Crippen molar-refractivity contribution < 1.29 is 29.0 Å². The minimum Gasteiger partial charge on any atom is -0.444 e. The number of carbonyl (C=O) groups excluding carboxylic acids is 4. The van der Waals surface area contributed by atoms with Gasteiger partial charge in [-0.25, -0.2) is 9.78 Å². The predicted octanol–water partition coefficient (Wildman–Crippen LogP) is 5.76. The van der Waals surface area contributed by atoms with Crippen LogP contribution in [-0.2, 0) is 38.5 Å². The molecule has 0 aliphatic heterocycles. The molecule has 1 saturated carbocycles. The van der Waals surface area contributed by atoms with E-state index < -0.39 is 53.7 Å². The first-order chi connectivity index (χ1) is 26.3. The number of ether oxygens (including phenoxy) is 1. The molecular formula is C43H62N6O6. The summed E-state index contributed by atoms with van der Waals surface area (Å²) in [6, 6.07) is 16.2. The van der Waals surface area contributed by atoms with E-state index in [-0.39, 0.29) is 31.1 Å². The summed E-state index contributed by atoms with van der Waals surface area (Å²) in [5, 5.41) is 23.7. The molecule has 1 aromatic heterocycles. The number of amides is 4. The summed E-state index contributed by atoms with van der Waals surface area (Å²) in [6.45, 7) is 9.71. The molecule has 300 valence electrons. The summed E-state index contributed by atoms with van der Waals surface area (Å²) in [5.41, 5.74) is 1.56. The average Bonchev–Trinajstić information content (AvgIpc) is 3.66. The first-order valence-electron chi connectivity index (χ1n) is 19.9. The van der Waals surface area contributed by atoms with Gasteiger partial charge in [0, 0.05) is 31.5 Å². The lowest BCUT2D eigenvalue weighted by Gasteiger charge is -2.33. The number of imidazole rings is 1. The van der Waals surface area contributed by atoms with Gasteiger partial charge in [-0.1, -0.05) is 107 Å². The number of aliphatic hydroxyl groups is 1. The SMILES string of the molecule is CC(C)C[C@H](C[C@H](O)[C@H](CC1CCCCC1)NC(=O)C(Cc1c[nH]cn1)NC(=O)C(Cc1ccccc1)NC(=O)OC(C)(C)C)C(=O)NCc1ccccc1. The molecule has 1 heterocycles. The molecule has 1 aliphatic carbocycles. The number of hydrogen-bond donors (Lipinski definition) is 6. The molecule has 6 N–H and O–H groups in total. The number of carbonyl (C=O) groups is 4. The summed E-state index contributed by atoms with van der Waals surface area (Å²) in [5.74, 6) is -1.15. The Morgan fingerprint density at radius 1 is 0.818 bits per heavy atom. The van der Waals surface area contributed by atoms with Gasteiger partial charge >= 0.3 is 6.09 Å². The highest BCUT2D eigenvalue weighted by Crippen LogP contribution is 2.30. The minimum atomic E-state index is -1.09. The van der Waals surface area contributed by atoms with Crippen molar-refractivity contribution in [2.75, 3.05) is 0 Å². The Morgan fingerprint density at radius 3 is 2.04 bits per heavy atom. The van der Waals surface area contributed by atoms with Crippen LogP contribution in [0.5, 0.6) is 0 Å². The molecule has 5 atom stereocenters. The Kier molecular flexibility index (Phi) is 16.7. The van der Waals surface area contributed by atoms with E-state index in [2.05, 4.69) is 45.1 Å². The number of nitrogens with zero attached hydrogens (tertiary/aromatic N) is 1. The smallest absolute Gasteiger partial charge is 0.408 e. The minimum absolute atomic E-state index is 0.0652. The lowest BCUT2D eigenvalue weighted by Crippen LogP contribution is -2.58. The van der Waals surface area contributed by atoms with Crippen molar-refractivity contribution in [1.82, 2.24) is 31.2 Å². The van der Waals surface area contributed by atoms with E-state index in [4.69, 9.17) is 4.74 Å². The first kappa shape index (κ1) is 43.0. The fourth-order valence-electron chi connectivity index (χ4n) is 7.24. The molecule has 0 bridgehead atoms. The average molecular weight is 759 g/mol. The molecule has 3 aromatic rings. The van der Waals surface area contributed by atoms with E-state index in [1.807, 2.05) is 60.7 Å². The Bertz CT molecular complexity index is 1610. The topological polar surface area (TPSA) is 175 Å². The van der Waals surface area contributed by atoms with E-state index in [1.165, 1.54) is 6.33 Å². The molecule has 0 saturated heterocycles. The zero-order valence-electron chi connectivity index (χ0n) is 33.2. The van der Waals surface area contributed by atoms with Gasteiger partial charge in [-0.3, -0.25) is 14.4 Å². The predicted molar refractivity (Wildman–Crippen MR) is 213 cm³/mol. The van der Waals surface area contributed by atoms with E-state index in [9.17, 15) is 24.3 Å². The van der Waals surface area contributed by atoms with E-state index in [1.54, 1.807) is 27.0 Å². The van der Waals surface area contributed by atoms with Gasteiger partial charge in [0.2, 0.25) is 17.7 Å². The molecule has 12 heteroatoms. The number of aromatic nitrogens is 2. The summed E-state index contributed by atoms with van der Waals surface area (Å²) < 4.78 is 5.48. The highest BCUT2D eigenvalue weighted by Gasteiger charge is 2.34. The standard InChI is InChI=1S/C43H62N6O6/c1-29(2)21-33(39(51)45-26-32-19-13-8-14-20-32)24-38(50)35(22-30-15-9-6-10-16-30)47-41(53)37(25-34-27-44-28-46-34)48-40(52)36(23-31-17-11-7-12-18-31)49-42(54)55-43(3,4)5/h7-8,11-14,17-20,27-30,33,35-38,50H,6,9-10,15-16,21-26H2,1-5H3,(H,44,46)(H,45,51)(H,47,53)(H,48,52)(H,49,54)/t33-,35+,36?,37?,38+/m1/s1. The number of aromatic amines is 1. The lowest BCUT2D eigenvalue weighted by atomic mass is 9.81. The number of nitrogens with one attached hydrogen (secondary N) is 5. The Morgan fingerprint density at radius 2 is 1.44 bits per heavy atom. The zero-order chi connectivity index (χ0) is 39.8. The summed E-state index contributed by atoms with van der Waals surface area (Å²) in [6.07, 6.45) is 8.25. The van der Waals surface area contributed by atoms with Gasteiger partial charge in [0.25, 0.3) is 0 Å². The van der Waals surface area contributed by atoms with E-state index >= 15 is 0 Å². The highest BCUT2D eigenvalue weighted by atomic mass is 16.6. The molecule has 1 aliphatic rings. The van der Waals surface area contributed by atoms with Gasteiger partial charge in [0.1, 0.15) is 17.7 Å². The second kappa shape index (κ2) is 21.4. The van der Waals surface area contributed by atoms with Crippen LogP contribution in [0.2, 0.25) is 0 Å². The van der Waals surface area contributed by atoms with Crippen LogP contribution in [0, 0.1) is 17.8 Å². The van der Waals surface area contributed by atoms with Gasteiger partial charge in [-0.15, -0.1) is 0 Å². The highest BCUT2D eigenvalue weighted by molar-refractivity contribution is 5.91. The van der Waals surface area contributed by atoms with E-state index in [0.717, 1.165) is 43.2 Å². The largest absolute Gasteiger partial charge is 0.444 e. The van der Waals surface area contributed by atoms with Crippen LogP contribution in [0.4, 0.5) is 4.79 Å². The normalized spacial score (nSPS) is 16.3. The Labute approximate surface area is 326 Å². The van der Waals surface area contributed by atoms with Crippen molar-refractivity contribution in [1.29, 1.82) is 0 Å². The van der Waals surface area contributed by atoms with Crippen molar-refractivity contribution in [3.63, 3.8) is 0 Å². The Balaban J connectivity index is 1.55. The molecule has 4 amide bonds. The number of rotatable bonds is 19. The third-order valence-electron chi connectivity index (χ3n) is 9.96. The van der Waals surface area contributed by atoms with Gasteiger partial charge in [-0.2, -0.15) is 0 Å². The number of alkyl carbamates (subject to hydrolysis) is 1. The summed E-state index contributed by atoms with van der Waals surface area (Å²) in [4.78, 5) is 62.1. The second-order valence-corrected chi connectivity index (χ2v) is 16.4. The van der Waals surface area contributed by atoms with Gasteiger partial charge < -0.3 is 36.1 Å². The van der Waals surface area contributed by atoms with Crippen LogP contribution in [0.25, 0.3) is 0 Å². The molecule has 4 rings (SSSR count). The molecule has 0 spiro atoms. The monoisotopic (exact) mass is 758 g/mol. The van der Waals surface area contributed by atoms with Crippen LogP contribution in [0.15, 0.2) is 73.2 Å². The van der Waals surface area contributed by atoms with Crippen molar-refractivity contribution >= 4 is 23.8 Å². The van der Waals surface area contributed by atoms with Gasteiger partial charge in [0.15, 0.2) is 0 Å². The molecule has 12 nitrogen and oxygen atoms in total. The van der Waals surface area contributed by atoms with Crippen molar-refractivity contribution in [2.24, 2.45) is 17.8 Å². The molecule has 2 aromatic carbocycles. The number of aliphatic hydroxyl groups excluding tert-OH is 1. The summed E-state index contributed by atoms with van der Waals surface area (Å²) in [7, 11) is 0. The van der Waals surface area contributed by atoms with Crippen LogP contribution in [-0.4, -0.2) is 68.7 Å². The van der Waals surface area contributed by atoms with Crippen LogP contribution in [0.1, 0.15) is 103 Å². The third-order valence-corrected chi connectivity index (χ3v) is 9.96. The first-order valence-corrected chi connectivity index (χ1v) is 19.9. The lowest BCUT2D eigenvalue weighted by molar-refractivity contribution is -0.131. The second-order valence-electron chi connectivity index (χ2n) is 16.4.